The topological polar surface area (TPSA) is 35.6 Å². The average molecular weight is 390 g/mol. The first-order valence-electron chi connectivity index (χ1n) is 9.21. The van der Waals surface area contributed by atoms with Crippen LogP contribution in [0.1, 0.15) is 18.1 Å². The lowest BCUT2D eigenvalue weighted by Gasteiger charge is -2.37. The second kappa shape index (κ2) is 8.83. The smallest absolute Gasteiger partial charge is 0.241 e. The van der Waals surface area contributed by atoms with Gasteiger partial charge in [0.05, 0.1) is 11.7 Å². The number of halogens is 2. The van der Waals surface area contributed by atoms with Crippen LogP contribution in [0.25, 0.3) is 0 Å². The molecule has 1 amide bonds. The number of piperazine rings is 1. The summed E-state index contributed by atoms with van der Waals surface area (Å²) in [4.78, 5) is 17.1. The van der Waals surface area contributed by atoms with Crippen LogP contribution in [-0.2, 0) is 11.3 Å². The molecule has 1 atom stereocenters. The fourth-order valence-corrected chi connectivity index (χ4v) is 3.51. The van der Waals surface area contributed by atoms with Gasteiger partial charge in [-0.1, -0.05) is 35.9 Å². The Bertz CT molecular complexity index is 806. The molecule has 0 bridgehead atoms. The minimum atomic E-state index is -0.483. The van der Waals surface area contributed by atoms with Crippen molar-refractivity contribution in [2.45, 2.75) is 26.4 Å². The summed E-state index contributed by atoms with van der Waals surface area (Å²) in [6.07, 6.45) is 0. The Kier molecular flexibility index (Phi) is 6.47. The molecule has 1 N–H and O–H groups in total. The maximum absolute atomic E-state index is 13.8. The SMILES string of the molecule is Cc1ccccc1CN1CCN(C(C)C(=O)Nc2cc(Cl)ccc2F)CC1. The first-order chi connectivity index (χ1) is 12.9. The Morgan fingerprint density at radius 3 is 2.59 bits per heavy atom. The van der Waals surface area contributed by atoms with Gasteiger partial charge in [0.2, 0.25) is 5.91 Å². The molecule has 1 fully saturated rings. The molecule has 144 valence electrons. The first kappa shape index (κ1) is 19.8. The number of hydrogen-bond acceptors (Lipinski definition) is 3. The van der Waals surface area contributed by atoms with Crippen LogP contribution >= 0.6 is 11.6 Å². The molecule has 4 nitrogen and oxygen atoms in total. The lowest BCUT2D eigenvalue weighted by molar-refractivity contribution is -0.121. The molecule has 1 heterocycles. The van der Waals surface area contributed by atoms with E-state index in [-0.39, 0.29) is 17.6 Å². The van der Waals surface area contributed by atoms with Gasteiger partial charge in [0.25, 0.3) is 0 Å². The zero-order chi connectivity index (χ0) is 19.4. The summed E-state index contributed by atoms with van der Waals surface area (Å²) in [7, 11) is 0. The van der Waals surface area contributed by atoms with Gasteiger partial charge in [0.1, 0.15) is 5.82 Å². The van der Waals surface area contributed by atoms with Crippen molar-refractivity contribution in [3.05, 3.63) is 64.4 Å². The number of rotatable bonds is 5. The fourth-order valence-electron chi connectivity index (χ4n) is 3.33. The molecule has 2 aromatic carbocycles. The maximum atomic E-state index is 13.8. The van der Waals surface area contributed by atoms with Crippen molar-refractivity contribution >= 4 is 23.2 Å². The highest BCUT2D eigenvalue weighted by atomic mass is 35.5. The standard InChI is InChI=1S/C21H25ClFN3O/c1-15-5-3-4-6-17(15)14-25-9-11-26(12-10-25)16(2)21(27)24-20-13-18(22)7-8-19(20)23/h3-8,13,16H,9-12,14H2,1-2H3,(H,24,27). The van der Waals surface area contributed by atoms with E-state index in [0.717, 1.165) is 32.7 Å². The number of carbonyl (C=O) groups is 1. The minimum Gasteiger partial charge on any atom is -0.322 e. The molecule has 1 aliphatic rings. The molecule has 6 heteroatoms. The van der Waals surface area contributed by atoms with E-state index in [9.17, 15) is 9.18 Å². The van der Waals surface area contributed by atoms with Crippen molar-refractivity contribution in [3.63, 3.8) is 0 Å². The van der Waals surface area contributed by atoms with Gasteiger partial charge in [0, 0.05) is 37.7 Å². The Morgan fingerprint density at radius 2 is 1.89 bits per heavy atom. The van der Waals surface area contributed by atoms with Crippen molar-refractivity contribution < 1.29 is 9.18 Å². The molecule has 2 aromatic rings. The summed E-state index contributed by atoms with van der Waals surface area (Å²) < 4.78 is 13.8. The van der Waals surface area contributed by atoms with Crippen molar-refractivity contribution in [2.75, 3.05) is 31.5 Å². The van der Waals surface area contributed by atoms with Gasteiger partial charge in [-0.2, -0.15) is 0 Å². The van der Waals surface area contributed by atoms with Crippen LogP contribution in [0.5, 0.6) is 0 Å². The summed E-state index contributed by atoms with van der Waals surface area (Å²) in [6, 6.07) is 12.2. The molecule has 1 aliphatic heterocycles. The number of nitrogens with zero attached hydrogens (tertiary/aromatic N) is 2. The largest absolute Gasteiger partial charge is 0.322 e. The predicted molar refractivity (Wildman–Crippen MR) is 108 cm³/mol. The summed E-state index contributed by atoms with van der Waals surface area (Å²) in [6.45, 7) is 8.32. The number of aryl methyl sites for hydroxylation is 1. The number of carbonyl (C=O) groups excluding carboxylic acids is 1. The van der Waals surface area contributed by atoms with Crippen LogP contribution in [0.3, 0.4) is 0 Å². The van der Waals surface area contributed by atoms with E-state index in [2.05, 4.69) is 46.3 Å². The van der Waals surface area contributed by atoms with Gasteiger partial charge in [-0.25, -0.2) is 4.39 Å². The quantitative estimate of drug-likeness (QED) is 0.841. The van der Waals surface area contributed by atoms with Crippen molar-refractivity contribution in [2.24, 2.45) is 0 Å². The number of hydrogen-bond donors (Lipinski definition) is 1. The van der Waals surface area contributed by atoms with Crippen molar-refractivity contribution in [3.8, 4) is 0 Å². The Balaban J connectivity index is 1.53. The van der Waals surface area contributed by atoms with Gasteiger partial charge < -0.3 is 5.32 Å². The molecular formula is C21H25ClFN3O. The Morgan fingerprint density at radius 1 is 1.19 bits per heavy atom. The van der Waals surface area contributed by atoms with E-state index in [4.69, 9.17) is 11.6 Å². The maximum Gasteiger partial charge on any atom is 0.241 e. The highest BCUT2D eigenvalue weighted by Crippen LogP contribution is 2.20. The van der Waals surface area contributed by atoms with Crippen LogP contribution in [-0.4, -0.2) is 47.9 Å². The zero-order valence-corrected chi connectivity index (χ0v) is 16.5. The van der Waals surface area contributed by atoms with Crippen molar-refractivity contribution in [1.29, 1.82) is 0 Å². The van der Waals surface area contributed by atoms with Gasteiger partial charge in [-0.05, 0) is 43.2 Å². The van der Waals surface area contributed by atoms with Gasteiger partial charge in [-0.15, -0.1) is 0 Å². The molecule has 0 spiro atoms. The second-order valence-corrected chi connectivity index (χ2v) is 7.46. The lowest BCUT2D eigenvalue weighted by Crippen LogP contribution is -2.52. The second-order valence-electron chi connectivity index (χ2n) is 7.03. The van der Waals surface area contributed by atoms with E-state index in [1.54, 1.807) is 0 Å². The third-order valence-electron chi connectivity index (χ3n) is 5.18. The lowest BCUT2D eigenvalue weighted by atomic mass is 10.1. The molecule has 0 aliphatic carbocycles. The summed E-state index contributed by atoms with van der Waals surface area (Å²) in [5, 5.41) is 3.05. The van der Waals surface area contributed by atoms with Crippen LogP contribution < -0.4 is 5.32 Å². The number of amides is 1. The fraction of sp³-hybridized carbons (Fsp3) is 0.381. The van der Waals surface area contributed by atoms with E-state index in [1.165, 1.54) is 29.3 Å². The van der Waals surface area contributed by atoms with Gasteiger partial charge in [-0.3, -0.25) is 14.6 Å². The monoisotopic (exact) mass is 389 g/mol. The first-order valence-corrected chi connectivity index (χ1v) is 9.58. The van der Waals surface area contributed by atoms with E-state index < -0.39 is 5.82 Å². The molecule has 1 unspecified atom stereocenters. The highest BCUT2D eigenvalue weighted by molar-refractivity contribution is 6.30. The Hall–Kier alpha value is -1.95. The van der Waals surface area contributed by atoms with Crippen LogP contribution in [0.15, 0.2) is 42.5 Å². The summed E-state index contributed by atoms with van der Waals surface area (Å²) >= 11 is 5.89. The van der Waals surface area contributed by atoms with Crippen LogP contribution in [0, 0.1) is 12.7 Å². The zero-order valence-electron chi connectivity index (χ0n) is 15.7. The molecule has 1 saturated heterocycles. The molecule has 0 saturated carbocycles. The molecule has 27 heavy (non-hydrogen) atoms. The highest BCUT2D eigenvalue weighted by Gasteiger charge is 2.26. The van der Waals surface area contributed by atoms with Crippen LogP contribution in [0.4, 0.5) is 10.1 Å². The average Bonchev–Trinajstić information content (AvgIpc) is 2.66. The Labute approximate surface area is 164 Å². The third kappa shape index (κ3) is 5.06. The van der Waals surface area contributed by atoms with E-state index in [1.807, 2.05) is 6.92 Å². The van der Waals surface area contributed by atoms with Crippen LogP contribution in [0.2, 0.25) is 5.02 Å². The number of benzene rings is 2. The minimum absolute atomic E-state index is 0.123. The molecular weight excluding hydrogens is 365 g/mol. The van der Waals surface area contributed by atoms with E-state index >= 15 is 0 Å². The molecule has 3 rings (SSSR count). The molecule has 0 radical (unpaired) electrons. The van der Waals surface area contributed by atoms with Gasteiger partial charge in [0.15, 0.2) is 0 Å². The third-order valence-corrected chi connectivity index (χ3v) is 5.41. The molecule has 0 aromatic heterocycles. The predicted octanol–water partition coefficient (Wildman–Crippen LogP) is 3.93. The summed E-state index contributed by atoms with van der Waals surface area (Å²) in [5.41, 5.74) is 2.77. The number of nitrogens with one attached hydrogen (secondary N) is 1. The summed E-state index contributed by atoms with van der Waals surface area (Å²) in [5.74, 6) is -0.702. The normalized spacial score (nSPS) is 16.9. The number of anilines is 1. The van der Waals surface area contributed by atoms with Crippen molar-refractivity contribution in [1.82, 2.24) is 9.80 Å². The van der Waals surface area contributed by atoms with Gasteiger partial charge >= 0.3 is 0 Å². The van der Waals surface area contributed by atoms with E-state index in [0.29, 0.717) is 5.02 Å².